The Morgan fingerprint density at radius 2 is 2.14 bits per heavy atom. The second-order valence-corrected chi connectivity index (χ2v) is 10.0. The predicted molar refractivity (Wildman–Crippen MR) is 126 cm³/mol. The highest BCUT2D eigenvalue weighted by atomic mass is 35.5. The summed E-state index contributed by atoms with van der Waals surface area (Å²) in [5.41, 5.74) is 1.12. The molecular formula is C22H22ClF2N5O5S. The molecule has 0 amide bonds. The van der Waals surface area contributed by atoms with Crippen molar-refractivity contribution < 1.29 is 31.3 Å². The molecule has 0 saturated heterocycles. The van der Waals surface area contributed by atoms with E-state index in [0.29, 0.717) is 12.1 Å². The van der Waals surface area contributed by atoms with E-state index >= 15 is 0 Å². The maximum absolute atomic E-state index is 14.7. The van der Waals surface area contributed by atoms with Crippen molar-refractivity contribution in [1.29, 1.82) is 0 Å². The third-order valence-electron chi connectivity index (χ3n) is 5.84. The Balaban J connectivity index is 1.47. The van der Waals surface area contributed by atoms with Crippen LogP contribution in [0.25, 0.3) is 0 Å². The summed E-state index contributed by atoms with van der Waals surface area (Å²) in [5.74, 6) is -1.75. The van der Waals surface area contributed by atoms with Crippen molar-refractivity contribution in [3.63, 3.8) is 0 Å². The minimum Gasteiger partial charge on any atom is -0.390 e. The molecule has 2 aromatic heterocycles. The summed E-state index contributed by atoms with van der Waals surface area (Å²) in [7, 11) is -4.24. The zero-order valence-corrected chi connectivity index (χ0v) is 20.2. The van der Waals surface area contributed by atoms with Crippen molar-refractivity contribution in [3.8, 4) is 0 Å². The first kappa shape index (κ1) is 26.1. The molecule has 4 atom stereocenters. The number of hydrogen-bond acceptors (Lipinski definition) is 8. The Labute approximate surface area is 210 Å². The number of carbonyl (C=O) groups excluding carboxylic acids is 1. The van der Waals surface area contributed by atoms with Gasteiger partial charge in [-0.1, -0.05) is 17.7 Å². The number of benzene rings is 1. The number of nitrogens with two attached hydrogens (primary N) is 1. The number of ketones is 1. The number of halogens is 3. The summed E-state index contributed by atoms with van der Waals surface area (Å²) in [4.78, 5) is 21.1. The fourth-order valence-corrected chi connectivity index (χ4v) is 4.61. The number of rotatable bonds is 9. The van der Waals surface area contributed by atoms with Gasteiger partial charge in [0.05, 0.1) is 29.3 Å². The van der Waals surface area contributed by atoms with Crippen molar-refractivity contribution in [3.05, 3.63) is 76.7 Å². The lowest BCUT2D eigenvalue weighted by Gasteiger charge is -2.18. The fourth-order valence-electron chi connectivity index (χ4n) is 4.05. The molecule has 192 valence electrons. The van der Waals surface area contributed by atoms with Gasteiger partial charge in [-0.05, 0) is 30.2 Å². The van der Waals surface area contributed by atoms with Gasteiger partial charge in [0.25, 0.3) is 0 Å². The van der Waals surface area contributed by atoms with Gasteiger partial charge in [-0.3, -0.25) is 8.98 Å². The summed E-state index contributed by atoms with van der Waals surface area (Å²) in [6.45, 7) is -0.143. The highest BCUT2D eigenvalue weighted by Crippen LogP contribution is 2.32. The summed E-state index contributed by atoms with van der Waals surface area (Å²) in [6, 6.07) is 4.96. The van der Waals surface area contributed by atoms with Crippen molar-refractivity contribution in [2.75, 3.05) is 11.9 Å². The normalized spacial score (nSPS) is 22.0. The van der Waals surface area contributed by atoms with Crippen LogP contribution in [0.15, 0.2) is 49.2 Å². The van der Waals surface area contributed by atoms with E-state index < -0.39 is 52.7 Å². The Kier molecular flexibility index (Phi) is 7.66. The summed E-state index contributed by atoms with van der Waals surface area (Å²) < 4.78 is 56.4. The molecule has 10 nitrogen and oxygen atoms in total. The Bertz CT molecular complexity index is 1370. The molecule has 1 fully saturated rings. The number of hydrogen-bond donors (Lipinski definition) is 3. The van der Waals surface area contributed by atoms with Crippen LogP contribution in [0.3, 0.4) is 0 Å². The van der Waals surface area contributed by atoms with Crippen LogP contribution in [-0.2, 0) is 21.0 Å². The van der Waals surface area contributed by atoms with E-state index in [2.05, 4.69) is 19.5 Å². The Morgan fingerprint density at radius 3 is 2.86 bits per heavy atom. The quantitative estimate of drug-likeness (QED) is 0.348. The van der Waals surface area contributed by atoms with E-state index in [-0.39, 0.29) is 22.8 Å². The topological polar surface area (TPSA) is 149 Å². The molecule has 0 unspecified atom stereocenters. The zero-order valence-electron chi connectivity index (χ0n) is 18.6. The summed E-state index contributed by atoms with van der Waals surface area (Å²) >= 11 is 5.83. The lowest BCUT2D eigenvalue weighted by atomic mass is 10.1. The minimum atomic E-state index is -4.24. The molecule has 14 heteroatoms. The lowest BCUT2D eigenvalue weighted by Crippen LogP contribution is -2.33. The fraction of sp³-hybridized carbons (Fsp3) is 0.318. The zero-order chi connectivity index (χ0) is 26.0. The van der Waals surface area contributed by atoms with Gasteiger partial charge in [0.2, 0.25) is 0 Å². The number of aliphatic hydroxyl groups excluding tert-OH is 1. The number of carbonyl (C=O) groups is 1. The standard InChI is InChI=1S/C22H22ClF2N5O5S/c23-16-5-12(1-2-17(16)24)8-30-4-3-13(9-30)20(31)15-7-27-11-28-22(15)29-18-6-14(21(32)19(18)25)10-35-36(26,33)34/h1-5,7,9,11,14,18-19,21,32H,6,8,10H2,(H2,26,33,34)(H,27,28,29)/t14-,18-,19-,21-/m1/s1. The molecule has 0 radical (unpaired) electrons. The molecule has 4 N–H and O–H groups in total. The number of nitrogens with zero attached hydrogens (tertiary/aromatic N) is 3. The predicted octanol–water partition coefficient (Wildman–Crippen LogP) is 2.07. The third kappa shape index (κ3) is 6.05. The second kappa shape index (κ2) is 10.6. The average molecular weight is 542 g/mol. The average Bonchev–Trinajstić information content (AvgIpc) is 3.40. The van der Waals surface area contributed by atoms with Crippen molar-refractivity contribution >= 4 is 33.5 Å². The molecule has 4 rings (SSSR count). The van der Waals surface area contributed by atoms with Crippen LogP contribution in [0.5, 0.6) is 0 Å². The summed E-state index contributed by atoms with van der Waals surface area (Å²) in [5, 5.41) is 17.8. The Hall–Kier alpha value is -2.97. The number of aliphatic hydroxyl groups is 1. The molecule has 1 aromatic carbocycles. The largest absolute Gasteiger partial charge is 0.390 e. The number of aromatic nitrogens is 3. The van der Waals surface area contributed by atoms with Gasteiger partial charge in [0, 0.05) is 36.6 Å². The molecule has 0 spiro atoms. The van der Waals surface area contributed by atoms with Gasteiger partial charge < -0.3 is 15.0 Å². The van der Waals surface area contributed by atoms with Crippen molar-refractivity contribution in [2.24, 2.45) is 11.1 Å². The van der Waals surface area contributed by atoms with Crippen LogP contribution in [0.2, 0.25) is 5.02 Å². The SMILES string of the molecule is NS(=O)(=O)OC[C@H]1C[C@@H](Nc2ncncc2C(=O)c2ccn(Cc3ccc(F)c(Cl)c3)c2)[C@@H](F)[C@@H]1O. The molecular weight excluding hydrogens is 520 g/mol. The van der Waals surface area contributed by atoms with Crippen LogP contribution in [-0.4, -0.2) is 58.8 Å². The highest BCUT2D eigenvalue weighted by molar-refractivity contribution is 7.84. The minimum absolute atomic E-state index is 0.00485. The van der Waals surface area contributed by atoms with Crippen LogP contribution in [0, 0.1) is 11.7 Å². The van der Waals surface area contributed by atoms with Gasteiger partial charge in [-0.2, -0.15) is 8.42 Å². The maximum Gasteiger partial charge on any atom is 0.333 e. The first-order valence-electron chi connectivity index (χ1n) is 10.7. The van der Waals surface area contributed by atoms with Gasteiger partial charge in [0.15, 0.2) is 5.78 Å². The number of nitrogens with one attached hydrogen (secondary N) is 1. The number of alkyl halides is 1. The maximum atomic E-state index is 14.7. The number of anilines is 1. The van der Waals surface area contributed by atoms with Crippen molar-refractivity contribution in [2.45, 2.75) is 31.3 Å². The van der Waals surface area contributed by atoms with E-state index in [4.69, 9.17) is 16.7 Å². The van der Waals surface area contributed by atoms with Crippen LogP contribution in [0.4, 0.5) is 14.6 Å². The summed E-state index contributed by atoms with van der Waals surface area (Å²) in [6.07, 6.45) is 2.46. The van der Waals surface area contributed by atoms with E-state index in [1.54, 1.807) is 29.1 Å². The monoisotopic (exact) mass is 541 g/mol. The van der Waals surface area contributed by atoms with Crippen LogP contribution >= 0.6 is 11.6 Å². The van der Waals surface area contributed by atoms with E-state index in [0.717, 1.165) is 5.56 Å². The molecule has 36 heavy (non-hydrogen) atoms. The molecule has 0 bridgehead atoms. The molecule has 1 aliphatic carbocycles. The van der Waals surface area contributed by atoms with E-state index in [1.807, 2.05) is 0 Å². The molecule has 3 aromatic rings. The van der Waals surface area contributed by atoms with Crippen molar-refractivity contribution in [1.82, 2.24) is 14.5 Å². The van der Waals surface area contributed by atoms with E-state index in [9.17, 15) is 27.1 Å². The molecule has 0 aliphatic heterocycles. The lowest BCUT2D eigenvalue weighted by molar-refractivity contribution is 0.0501. The Morgan fingerprint density at radius 1 is 1.36 bits per heavy atom. The van der Waals surface area contributed by atoms with Crippen LogP contribution < -0.4 is 10.5 Å². The second-order valence-electron chi connectivity index (χ2n) is 8.39. The smallest absolute Gasteiger partial charge is 0.333 e. The van der Waals surface area contributed by atoms with Gasteiger partial charge in [0.1, 0.15) is 24.1 Å². The van der Waals surface area contributed by atoms with Crippen LogP contribution in [0.1, 0.15) is 27.9 Å². The highest BCUT2D eigenvalue weighted by Gasteiger charge is 2.44. The first-order valence-corrected chi connectivity index (χ1v) is 12.6. The van der Waals surface area contributed by atoms with Gasteiger partial charge in [-0.25, -0.2) is 23.9 Å². The van der Waals surface area contributed by atoms with Gasteiger partial charge >= 0.3 is 10.3 Å². The molecule has 1 aliphatic rings. The van der Waals surface area contributed by atoms with Gasteiger partial charge in [-0.15, -0.1) is 0 Å². The first-order chi connectivity index (χ1) is 17.0. The molecule has 1 saturated carbocycles. The molecule has 2 heterocycles. The van der Waals surface area contributed by atoms with E-state index in [1.165, 1.54) is 24.7 Å². The third-order valence-corrected chi connectivity index (χ3v) is 6.59.